The van der Waals surface area contributed by atoms with Crippen molar-refractivity contribution in [2.45, 2.75) is 12.2 Å². The average Bonchev–Trinajstić information content (AvgIpc) is 2.53. The zero-order valence-corrected chi connectivity index (χ0v) is 13.6. The number of nitrogens with zero attached hydrogens (tertiary/aromatic N) is 2. The molecule has 0 heterocycles. The van der Waals surface area contributed by atoms with Crippen molar-refractivity contribution in [1.82, 2.24) is 0 Å². The topological polar surface area (TPSA) is 46.9 Å². The summed E-state index contributed by atoms with van der Waals surface area (Å²) in [5.74, 6) is 0. The Morgan fingerprint density at radius 2 is 1.05 bits per heavy atom. The van der Waals surface area contributed by atoms with Crippen LogP contribution in [0.2, 0.25) is 0 Å². The predicted octanol–water partition coefficient (Wildman–Crippen LogP) is 2.59. The van der Waals surface area contributed by atoms with Crippen molar-refractivity contribution >= 4 is 11.4 Å². The van der Waals surface area contributed by atoms with Crippen LogP contribution in [0, 0.1) is 0 Å². The molecule has 22 heavy (non-hydrogen) atoms. The molecular formula is C18H24N2O2. The van der Waals surface area contributed by atoms with Gasteiger partial charge in [-0.2, -0.15) is 0 Å². The lowest BCUT2D eigenvalue weighted by Crippen LogP contribution is -2.14. The zero-order chi connectivity index (χ0) is 16.3. The summed E-state index contributed by atoms with van der Waals surface area (Å²) in [4.78, 5) is 3.94. The predicted molar refractivity (Wildman–Crippen MR) is 91.5 cm³/mol. The molecule has 0 fully saturated rings. The van der Waals surface area contributed by atoms with E-state index >= 15 is 0 Å². The molecule has 0 aromatic heterocycles. The van der Waals surface area contributed by atoms with Gasteiger partial charge in [0.05, 0.1) is 0 Å². The third-order valence-corrected chi connectivity index (χ3v) is 3.76. The third kappa shape index (κ3) is 3.59. The van der Waals surface area contributed by atoms with Gasteiger partial charge in [0.25, 0.3) is 0 Å². The van der Waals surface area contributed by atoms with Gasteiger partial charge in [-0.3, -0.25) is 0 Å². The first-order chi connectivity index (χ1) is 10.4. The fourth-order valence-electron chi connectivity index (χ4n) is 2.34. The first kappa shape index (κ1) is 16.3. The molecule has 2 aromatic carbocycles. The van der Waals surface area contributed by atoms with Crippen molar-refractivity contribution in [3.05, 3.63) is 59.7 Å². The second kappa shape index (κ2) is 6.81. The molecule has 0 radical (unpaired) electrons. The summed E-state index contributed by atoms with van der Waals surface area (Å²) in [5.41, 5.74) is 3.39. The van der Waals surface area contributed by atoms with Gasteiger partial charge in [-0.15, -0.1) is 0 Å². The Labute approximate surface area is 132 Å². The Morgan fingerprint density at radius 3 is 1.36 bits per heavy atom. The largest absolute Gasteiger partial charge is 0.385 e. The van der Waals surface area contributed by atoms with Crippen LogP contribution in [0.25, 0.3) is 0 Å². The van der Waals surface area contributed by atoms with E-state index in [-0.39, 0.29) is 0 Å². The summed E-state index contributed by atoms with van der Waals surface area (Å²) in [6.45, 7) is 0. The molecule has 0 amide bonds. The Bertz CT molecular complexity index is 570. The van der Waals surface area contributed by atoms with Crippen molar-refractivity contribution < 1.29 is 10.2 Å². The molecule has 4 heteroatoms. The highest BCUT2D eigenvalue weighted by atomic mass is 16.3. The molecule has 2 aromatic rings. The van der Waals surface area contributed by atoms with Gasteiger partial charge < -0.3 is 20.0 Å². The molecule has 118 valence electrons. The maximum atomic E-state index is 10.5. The summed E-state index contributed by atoms with van der Waals surface area (Å²) < 4.78 is 0. The lowest BCUT2D eigenvalue weighted by Gasteiger charge is -2.22. The third-order valence-electron chi connectivity index (χ3n) is 3.76. The Balaban J connectivity index is 2.27. The molecule has 0 bridgehead atoms. The van der Waals surface area contributed by atoms with Crippen LogP contribution in [0.5, 0.6) is 0 Å². The molecule has 0 saturated carbocycles. The standard InChI is InChI=1S/C18H24N2O2/c1-19(2)15-9-5-7-13(11-15)17(21)18(22)14-8-6-10-16(12-14)20(3)4/h5-12,17-18,21-22H,1-4H3. The minimum atomic E-state index is -0.961. The van der Waals surface area contributed by atoms with E-state index in [1.54, 1.807) is 0 Å². The van der Waals surface area contributed by atoms with Gasteiger partial charge in [0.15, 0.2) is 0 Å². The van der Waals surface area contributed by atoms with Crippen LogP contribution in [0.15, 0.2) is 48.5 Å². The van der Waals surface area contributed by atoms with E-state index in [0.717, 1.165) is 11.4 Å². The van der Waals surface area contributed by atoms with Gasteiger partial charge >= 0.3 is 0 Å². The van der Waals surface area contributed by atoms with Crippen LogP contribution in [0.1, 0.15) is 23.3 Å². The van der Waals surface area contributed by atoms with Gasteiger partial charge in [0, 0.05) is 39.6 Å². The maximum Gasteiger partial charge on any atom is 0.109 e. The fourth-order valence-corrected chi connectivity index (χ4v) is 2.34. The summed E-state index contributed by atoms with van der Waals surface area (Å²) >= 11 is 0. The SMILES string of the molecule is CN(C)c1cccc(C(O)C(O)c2cccc(N(C)C)c2)c1. The number of benzene rings is 2. The molecule has 2 N–H and O–H groups in total. The van der Waals surface area contributed by atoms with Crippen molar-refractivity contribution in [1.29, 1.82) is 0 Å². The lowest BCUT2D eigenvalue weighted by molar-refractivity contribution is 0.0173. The molecule has 2 rings (SSSR count). The van der Waals surface area contributed by atoms with Gasteiger partial charge in [-0.05, 0) is 35.4 Å². The fraction of sp³-hybridized carbons (Fsp3) is 0.333. The average molecular weight is 300 g/mol. The van der Waals surface area contributed by atoms with Crippen molar-refractivity contribution in [2.75, 3.05) is 38.0 Å². The summed E-state index contributed by atoms with van der Waals surface area (Å²) in [5, 5.41) is 21.0. The van der Waals surface area contributed by atoms with E-state index in [2.05, 4.69) is 0 Å². The van der Waals surface area contributed by atoms with Gasteiger partial charge in [-0.25, -0.2) is 0 Å². The molecule has 0 aliphatic heterocycles. The van der Waals surface area contributed by atoms with E-state index < -0.39 is 12.2 Å². The van der Waals surface area contributed by atoms with Crippen molar-refractivity contribution in [3.8, 4) is 0 Å². The zero-order valence-electron chi connectivity index (χ0n) is 13.6. The summed E-state index contributed by atoms with van der Waals surface area (Å²) in [7, 11) is 7.79. The van der Waals surface area contributed by atoms with E-state index in [1.165, 1.54) is 0 Å². The van der Waals surface area contributed by atoms with Crippen molar-refractivity contribution in [3.63, 3.8) is 0 Å². The second-order valence-electron chi connectivity index (χ2n) is 5.87. The van der Waals surface area contributed by atoms with Crippen LogP contribution < -0.4 is 9.80 Å². The molecule has 2 atom stereocenters. The Kier molecular flexibility index (Phi) is 5.06. The minimum Gasteiger partial charge on any atom is -0.385 e. The van der Waals surface area contributed by atoms with Crippen LogP contribution >= 0.6 is 0 Å². The van der Waals surface area contributed by atoms with Crippen LogP contribution in [0.3, 0.4) is 0 Å². The number of rotatable bonds is 5. The van der Waals surface area contributed by atoms with E-state index in [0.29, 0.717) is 11.1 Å². The highest BCUT2D eigenvalue weighted by Crippen LogP contribution is 2.31. The minimum absolute atomic E-state index is 0.703. The molecule has 0 aliphatic rings. The van der Waals surface area contributed by atoms with E-state index in [4.69, 9.17) is 0 Å². The number of hydrogen-bond donors (Lipinski definition) is 2. The molecule has 0 saturated heterocycles. The second-order valence-corrected chi connectivity index (χ2v) is 5.87. The molecule has 4 nitrogen and oxygen atoms in total. The highest BCUT2D eigenvalue weighted by Gasteiger charge is 2.21. The molecule has 0 aliphatic carbocycles. The summed E-state index contributed by atoms with van der Waals surface area (Å²) in [6.07, 6.45) is -1.92. The Hall–Kier alpha value is -2.04. The maximum absolute atomic E-state index is 10.5. The van der Waals surface area contributed by atoms with Gasteiger partial charge in [-0.1, -0.05) is 24.3 Å². The molecular weight excluding hydrogens is 276 g/mol. The molecule has 0 spiro atoms. The van der Waals surface area contributed by atoms with Crippen molar-refractivity contribution in [2.24, 2.45) is 0 Å². The number of aliphatic hydroxyl groups is 2. The number of aliphatic hydroxyl groups excluding tert-OH is 2. The van der Waals surface area contributed by atoms with E-state index in [9.17, 15) is 10.2 Å². The molecule has 2 unspecified atom stereocenters. The van der Waals surface area contributed by atoms with Crippen LogP contribution in [-0.4, -0.2) is 38.4 Å². The lowest BCUT2D eigenvalue weighted by atomic mass is 9.97. The first-order valence-corrected chi connectivity index (χ1v) is 7.31. The van der Waals surface area contributed by atoms with Crippen LogP contribution in [0.4, 0.5) is 11.4 Å². The quantitative estimate of drug-likeness (QED) is 0.891. The number of hydrogen-bond acceptors (Lipinski definition) is 4. The van der Waals surface area contributed by atoms with Gasteiger partial charge in [0.2, 0.25) is 0 Å². The highest BCUT2D eigenvalue weighted by molar-refractivity contribution is 5.50. The van der Waals surface area contributed by atoms with Gasteiger partial charge in [0.1, 0.15) is 12.2 Å². The number of anilines is 2. The Morgan fingerprint density at radius 1 is 0.682 bits per heavy atom. The first-order valence-electron chi connectivity index (χ1n) is 7.31. The van der Waals surface area contributed by atoms with E-state index in [1.807, 2.05) is 86.5 Å². The normalized spacial score (nSPS) is 13.5. The smallest absolute Gasteiger partial charge is 0.109 e. The summed E-state index contributed by atoms with van der Waals surface area (Å²) in [6, 6.07) is 15.2. The monoisotopic (exact) mass is 300 g/mol. The van der Waals surface area contributed by atoms with Crippen LogP contribution in [-0.2, 0) is 0 Å².